The van der Waals surface area contributed by atoms with E-state index in [2.05, 4.69) is 15.2 Å². The summed E-state index contributed by atoms with van der Waals surface area (Å²) in [7, 11) is 0. The van der Waals surface area contributed by atoms with Crippen LogP contribution in [-0.2, 0) is 9.59 Å². The number of nitrogens with zero attached hydrogens (tertiary/aromatic N) is 2. The lowest BCUT2D eigenvalue weighted by Crippen LogP contribution is -2.50. The molecule has 3 rings (SSSR count). The zero-order valence-corrected chi connectivity index (χ0v) is 10.5. The van der Waals surface area contributed by atoms with Crippen LogP contribution in [0.25, 0.3) is 0 Å². The van der Waals surface area contributed by atoms with Crippen LogP contribution in [0.1, 0.15) is 6.42 Å². The maximum Gasteiger partial charge on any atom is 0.324 e. The molecule has 0 aliphatic heterocycles. The molecule has 0 radical (unpaired) electrons. The molecule has 5 atom stereocenters. The maximum absolute atomic E-state index is 11.3. The number of hydrogen-bond donors (Lipinski definition) is 4. The number of fused-ring (bicyclic) bond motifs is 1. The third-order valence-electron chi connectivity index (χ3n) is 3.98. The van der Waals surface area contributed by atoms with E-state index in [9.17, 15) is 14.7 Å². The summed E-state index contributed by atoms with van der Waals surface area (Å²) in [6.45, 7) is 0. The molecule has 0 bridgehead atoms. The number of aromatic amines is 1. The van der Waals surface area contributed by atoms with Crippen molar-refractivity contribution >= 4 is 23.7 Å². The van der Waals surface area contributed by atoms with Gasteiger partial charge in [-0.05, 0) is 12.3 Å². The molecule has 9 heteroatoms. The zero-order chi connectivity index (χ0) is 13.8. The molecule has 1 heterocycles. The first kappa shape index (κ1) is 12.4. The molecule has 0 saturated heterocycles. The van der Waals surface area contributed by atoms with E-state index in [1.54, 1.807) is 0 Å². The van der Waals surface area contributed by atoms with Gasteiger partial charge in [0.05, 0.1) is 5.92 Å². The largest absolute Gasteiger partial charge is 0.481 e. The van der Waals surface area contributed by atoms with Crippen molar-refractivity contribution in [2.45, 2.75) is 22.4 Å². The van der Waals surface area contributed by atoms with Crippen molar-refractivity contribution in [3.05, 3.63) is 6.33 Å². The number of carbonyl (C=O) groups is 2. The Morgan fingerprint density at radius 1 is 1.53 bits per heavy atom. The number of H-pyrrole nitrogens is 1. The van der Waals surface area contributed by atoms with Crippen molar-refractivity contribution in [3.63, 3.8) is 0 Å². The number of carboxylic acids is 2. The summed E-state index contributed by atoms with van der Waals surface area (Å²) < 4.78 is 0. The predicted molar refractivity (Wildman–Crippen MR) is 63.3 cm³/mol. The van der Waals surface area contributed by atoms with Gasteiger partial charge < -0.3 is 15.9 Å². The van der Waals surface area contributed by atoms with Crippen LogP contribution >= 0.6 is 11.8 Å². The van der Waals surface area contributed by atoms with Crippen molar-refractivity contribution in [1.29, 1.82) is 0 Å². The second kappa shape index (κ2) is 3.94. The highest BCUT2D eigenvalue weighted by Gasteiger charge is 2.74. The Kier molecular flexibility index (Phi) is 2.58. The van der Waals surface area contributed by atoms with E-state index in [0.29, 0.717) is 5.16 Å². The minimum absolute atomic E-state index is 0.167. The Bertz CT molecular complexity index is 536. The smallest absolute Gasteiger partial charge is 0.324 e. The third-order valence-corrected chi connectivity index (χ3v) is 5.18. The second-order valence-corrected chi connectivity index (χ2v) is 6.19. The van der Waals surface area contributed by atoms with E-state index < -0.39 is 29.3 Å². The number of rotatable bonds is 4. The quantitative estimate of drug-likeness (QED) is 0.574. The Balaban J connectivity index is 1.84. The van der Waals surface area contributed by atoms with E-state index in [-0.39, 0.29) is 17.6 Å². The van der Waals surface area contributed by atoms with Crippen LogP contribution < -0.4 is 5.73 Å². The first-order chi connectivity index (χ1) is 8.95. The normalized spacial score (nSPS) is 39.8. The first-order valence-corrected chi connectivity index (χ1v) is 6.60. The van der Waals surface area contributed by atoms with Crippen LogP contribution in [0, 0.1) is 17.8 Å². The van der Waals surface area contributed by atoms with E-state index in [4.69, 9.17) is 10.8 Å². The summed E-state index contributed by atoms with van der Waals surface area (Å²) in [5, 5.41) is 25.1. The van der Waals surface area contributed by atoms with Crippen molar-refractivity contribution in [2.75, 3.05) is 0 Å². The molecule has 1 aromatic heterocycles. The van der Waals surface area contributed by atoms with Gasteiger partial charge >= 0.3 is 11.9 Å². The minimum Gasteiger partial charge on any atom is -0.481 e. The molecule has 102 valence electrons. The average Bonchev–Trinajstić information content (AvgIpc) is 2.77. The summed E-state index contributed by atoms with van der Waals surface area (Å²) in [4.78, 5) is 26.4. The molecule has 0 amide bonds. The molecule has 2 saturated carbocycles. The summed E-state index contributed by atoms with van der Waals surface area (Å²) in [6, 6.07) is 0. The van der Waals surface area contributed by atoms with Gasteiger partial charge in [-0.1, -0.05) is 11.8 Å². The van der Waals surface area contributed by atoms with Crippen LogP contribution in [0.15, 0.2) is 11.5 Å². The highest BCUT2D eigenvalue weighted by Crippen LogP contribution is 2.65. The van der Waals surface area contributed by atoms with Gasteiger partial charge in [0, 0.05) is 11.2 Å². The fourth-order valence-electron chi connectivity index (χ4n) is 3.13. The van der Waals surface area contributed by atoms with E-state index in [0.717, 1.165) is 0 Å². The van der Waals surface area contributed by atoms with Gasteiger partial charge in [-0.2, -0.15) is 5.10 Å². The van der Waals surface area contributed by atoms with Crippen LogP contribution in [0.3, 0.4) is 0 Å². The van der Waals surface area contributed by atoms with Gasteiger partial charge in [-0.15, -0.1) is 0 Å². The summed E-state index contributed by atoms with van der Waals surface area (Å²) in [5.74, 6) is -3.49. The molecule has 0 spiro atoms. The molecule has 19 heavy (non-hydrogen) atoms. The van der Waals surface area contributed by atoms with Gasteiger partial charge in [-0.3, -0.25) is 14.7 Å². The molecule has 0 aromatic carbocycles. The van der Waals surface area contributed by atoms with E-state index >= 15 is 0 Å². The van der Waals surface area contributed by atoms with E-state index in [1.807, 2.05) is 0 Å². The number of hydrogen-bond acceptors (Lipinski definition) is 6. The Morgan fingerprint density at radius 2 is 2.26 bits per heavy atom. The van der Waals surface area contributed by atoms with Gasteiger partial charge in [0.15, 0.2) is 5.16 Å². The minimum atomic E-state index is -1.45. The lowest BCUT2D eigenvalue weighted by atomic mass is 9.91. The van der Waals surface area contributed by atoms with Gasteiger partial charge in [0.25, 0.3) is 0 Å². The van der Waals surface area contributed by atoms with Crippen molar-refractivity contribution in [1.82, 2.24) is 15.2 Å². The van der Waals surface area contributed by atoms with Crippen molar-refractivity contribution in [3.8, 4) is 0 Å². The molecule has 5 N–H and O–H groups in total. The summed E-state index contributed by atoms with van der Waals surface area (Å²) in [6.07, 6.45) is 1.59. The van der Waals surface area contributed by atoms with Crippen LogP contribution in [0.5, 0.6) is 0 Å². The molecular formula is C10H12N4O4S. The van der Waals surface area contributed by atoms with Crippen LogP contribution in [-0.4, -0.2) is 48.1 Å². The average molecular weight is 284 g/mol. The number of aromatic nitrogens is 3. The summed E-state index contributed by atoms with van der Waals surface area (Å²) in [5.41, 5.74) is 4.46. The number of carboxylic acid groups (broad SMARTS) is 2. The topological polar surface area (TPSA) is 142 Å². The molecule has 1 aromatic rings. The maximum atomic E-state index is 11.3. The number of nitrogens with one attached hydrogen (secondary N) is 1. The predicted octanol–water partition coefficient (Wildman–Crippen LogP) is -0.602. The second-order valence-electron chi connectivity index (χ2n) is 4.96. The first-order valence-electron chi connectivity index (χ1n) is 5.72. The molecule has 2 fully saturated rings. The SMILES string of the molecule is NC1(C(=O)O)CC(Sc2ncn[nH]2)C2C(C(=O)O)[C@H]21. The Morgan fingerprint density at radius 3 is 2.79 bits per heavy atom. The molecular weight excluding hydrogens is 272 g/mol. The highest BCUT2D eigenvalue weighted by molar-refractivity contribution is 7.99. The third kappa shape index (κ3) is 1.72. The fourth-order valence-corrected chi connectivity index (χ4v) is 4.48. The van der Waals surface area contributed by atoms with Gasteiger partial charge in [0.2, 0.25) is 0 Å². The number of thioether (sulfide) groups is 1. The molecule has 8 nitrogen and oxygen atoms in total. The van der Waals surface area contributed by atoms with Gasteiger partial charge in [0.1, 0.15) is 11.9 Å². The Hall–Kier alpha value is -1.61. The van der Waals surface area contributed by atoms with Crippen molar-refractivity contribution < 1.29 is 19.8 Å². The lowest BCUT2D eigenvalue weighted by molar-refractivity contribution is -0.145. The number of nitrogens with two attached hydrogens (primary N) is 1. The Labute approximate surface area is 111 Å². The number of aliphatic carboxylic acids is 2. The van der Waals surface area contributed by atoms with Crippen LogP contribution in [0.4, 0.5) is 0 Å². The highest BCUT2D eigenvalue weighted by atomic mass is 32.2. The summed E-state index contributed by atoms with van der Waals surface area (Å²) >= 11 is 1.31. The lowest BCUT2D eigenvalue weighted by Gasteiger charge is -2.23. The zero-order valence-electron chi connectivity index (χ0n) is 9.68. The fraction of sp³-hybridized carbons (Fsp3) is 0.600. The van der Waals surface area contributed by atoms with Gasteiger partial charge in [-0.25, -0.2) is 4.98 Å². The van der Waals surface area contributed by atoms with E-state index in [1.165, 1.54) is 18.1 Å². The van der Waals surface area contributed by atoms with Crippen molar-refractivity contribution in [2.24, 2.45) is 23.5 Å². The monoisotopic (exact) mass is 284 g/mol. The molecule has 2 aliphatic carbocycles. The standard InChI is InChI=1S/C10H12N4O4S/c11-10(8(17)18)1-3(19-9-12-2-13-14-9)4-5(6(4)10)7(15)16/h2-6H,1,11H2,(H,15,16)(H,17,18)(H,12,13,14)/t3?,4?,5?,6-,10?/m0/s1. The molecule has 2 aliphatic rings. The van der Waals surface area contributed by atoms with Crippen LogP contribution in [0.2, 0.25) is 0 Å². The molecule has 4 unspecified atom stereocenters.